The van der Waals surface area contributed by atoms with Crippen LogP contribution in [0.15, 0.2) is 22.3 Å². The number of fused-ring (bicyclic) bond motifs is 2. The van der Waals surface area contributed by atoms with Gasteiger partial charge >= 0.3 is 0 Å². The van der Waals surface area contributed by atoms with Crippen LogP contribution in [0.3, 0.4) is 0 Å². The zero-order valence-electron chi connectivity index (χ0n) is 23.0. The number of allylic oxidation sites excluding steroid dienone is 1. The highest BCUT2D eigenvalue weighted by molar-refractivity contribution is 5.42. The number of aliphatic hydroxyl groups excluding tert-OH is 5. The summed E-state index contributed by atoms with van der Waals surface area (Å²) in [5, 5.41) is 55.6. The average molecular weight is 527 g/mol. The number of methoxy groups -OCH3 is 2. The minimum Gasteiger partial charge on any atom is -0.390 e. The molecule has 5 N–H and O–H groups in total. The summed E-state index contributed by atoms with van der Waals surface area (Å²) in [4.78, 5) is 0. The van der Waals surface area contributed by atoms with Crippen molar-refractivity contribution in [1.82, 2.24) is 0 Å². The van der Waals surface area contributed by atoms with Gasteiger partial charge in [-0.25, -0.2) is 0 Å². The molecule has 1 saturated heterocycles. The van der Waals surface area contributed by atoms with Crippen LogP contribution in [0.25, 0.3) is 0 Å². The van der Waals surface area contributed by atoms with Gasteiger partial charge in [-0.15, -0.1) is 0 Å². The van der Waals surface area contributed by atoms with Gasteiger partial charge in [-0.2, -0.15) is 0 Å². The van der Waals surface area contributed by atoms with Crippen molar-refractivity contribution in [1.29, 1.82) is 0 Å². The zero-order valence-corrected chi connectivity index (χ0v) is 23.0. The molecule has 0 spiro atoms. The third-order valence-corrected chi connectivity index (χ3v) is 9.40. The van der Waals surface area contributed by atoms with E-state index in [1.54, 1.807) is 7.11 Å². The van der Waals surface area contributed by atoms with Gasteiger partial charge in [-0.05, 0) is 60.2 Å². The van der Waals surface area contributed by atoms with Crippen molar-refractivity contribution in [3.05, 3.63) is 22.3 Å². The van der Waals surface area contributed by atoms with Crippen LogP contribution in [0.1, 0.15) is 53.4 Å². The summed E-state index contributed by atoms with van der Waals surface area (Å²) in [6, 6.07) is 0. The molecule has 0 amide bonds. The van der Waals surface area contributed by atoms with Crippen LogP contribution >= 0.6 is 0 Å². The SMILES string of the molecule is COCC1=C2C(CC1)C(C)C(O)C(OC1OC(COC)C(O)C(O)C1O)C1=C(C(C)C)CCC1(C)C2O. The van der Waals surface area contributed by atoms with E-state index in [9.17, 15) is 25.5 Å². The highest BCUT2D eigenvalue weighted by atomic mass is 16.7. The fourth-order valence-electron chi connectivity index (χ4n) is 7.24. The molecule has 1 saturated carbocycles. The maximum absolute atomic E-state index is 12.0. The highest BCUT2D eigenvalue weighted by Crippen LogP contribution is 2.57. The Kier molecular flexibility index (Phi) is 8.90. The van der Waals surface area contributed by atoms with E-state index in [-0.39, 0.29) is 24.4 Å². The molecule has 3 aliphatic carbocycles. The van der Waals surface area contributed by atoms with Gasteiger partial charge in [0.1, 0.15) is 30.5 Å². The van der Waals surface area contributed by atoms with Crippen molar-refractivity contribution in [2.24, 2.45) is 23.2 Å². The third kappa shape index (κ3) is 4.96. The van der Waals surface area contributed by atoms with Gasteiger partial charge in [0, 0.05) is 19.6 Å². The first-order valence-electron chi connectivity index (χ1n) is 13.6. The topological polar surface area (TPSA) is 138 Å². The molecule has 0 aromatic heterocycles. The van der Waals surface area contributed by atoms with Crippen LogP contribution in [0.4, 0.5) is 0 Å². The Balaban J connectivity index is 1.79. The van der Waals surface area contributed by atoms with Crippen LogP contribution < -0.4 is 0 Å². The molecule has 1 heterocycles. The van der Waals surface area contributed by atoms with E-state index in [1.807, 2.05) is 13.8 Å². The lowest BCUT2D eigenvalue weighted by molar-refractivity contribution is -0.317. The monoisotopic (exact) mass is 526 g/mol. The fourth-order valence-corrected chi connectivity index (χ4v) is 7.24. The van der Waals surface area contributed by atoms with E-state index in [4.69, 9.17) is 18.9 Å². The molecule has 0 aromatic carbocycles. The molecule has 4 aliphatic rings. The van der Waals surface area contributed by atoms with Crippen LogP contribution in [-0.4, -0.2) is 102 Å². The zero-order chi connectivity index (χ0) is 27.2. The van der Waals surface area contributed by atoms with Gasteiger partial charge in [0.05, 0.1) is 25.4 Å². The molecule has 2 fully saturated rings. The first-order chi connectivity index (χ1) is 17.5. The maximum Gasteiger partial charge on any atom is 0.187 e. The third-order valence-electron chi connectivity index (χ3n) is 9.40. The van der Waals surface area contributed by atoms with Crippen LogP contribution in [-0.2, 0) is 18.9 Å². The second-order valence-corrected chi connectivity index (χ2v) is 11.9. The van der Waals surface area contributed by atoms with Crippen molar-refractivity contribution in [2.45, 2.75) is 102 Å². The van der Waals surface area contributed by atoms with Crippen LogP contribution in [0.5, 0.6) is 0 Å². The summed E-state index contributed by atoms with van der Waals surface area (Å²) in [5.74, 6) is -0.121. The number of hydrogen-bond donors (Lipinski definition) is 5. The number of rotatable bonds is 7. The van der Waals surface area contributed by atoms with Crippen molar-refractivity contribution >= 4 is 0 Å². The van der Waals surface area contributed by atoms with Crippen molar-refractivity contribution < 1.29 is 44.5 Å². The summed E-state index contributed by atoms with van der Waals surface area (Å²) in [7, 11) is 3.12. The standard InChI is InChI=1S/C28H46O9/c1-13(2)16-9-10-28(4)20(16)25(37-27-24(32)23(31)22(30)18(36-27)12-35-6)21(29)14(3)17-8-7-15(11-34-5)19(17)26(28)33/h13-14,17-18,21-27,29-33H,7-12H2,1-6H3. The Bertz CT molecular complexity index is 885. The summed E-state index contributed by atoms with van der Waals surface area (Å²) in [5.41, 5.74) is 3.39. The second-order valence-electron chi connectivity index (χ2n) is 11.9. The van der Waals surface area contributed by atoms with Crippen molar-refractivity contribution in [3.8, 4) is 0 Å². The van der Waals surface area contributed by atoms with Crippen molar-refractivity contribution in [3.63, 3.8) is 0 Å². The van der Waals surface area contributed by atoms with E-state index < -0.39 is 54.4 Å². The molecule has 0 aromatic rings. The Labute approximate surface area is 220 Å². The van der Waals surface area contributed by atoms with E-state index in [2.05, 4.69) is 13.8 Å². The predicted molar refractivity (Wildman–Crippen MR) is 135 cm³/mol. The molecule has 1 aliphatic heterocycles. The molecule has 212 valence electrons. The second kappa shape index (κ2) is 11.3. The lowest BCUT2D eigenvalue weighted by Gasteiger charge is -2.48. The van der Waals surface area contributed by atoms with Crippen molar-refractivity contribution in [2.75, 3.05) is 27.4 Å². The first-order valence-corrected chi connectivity index (χ1v) is 13.6. The molecular formula is C28H46O9. The van der Waals surface area contributed by atoms with Gasteiger partial charge in [0.25, 0.3) is 0 Å². The molecule has 11 atom stereocenters. The van der Waals surface area contributed by atoms with Gasteiger partial charge < -0.3 is 44.5 Å². The predicted octanol–water partition coefficient (Wildman–Crippen LogP) is 1.30. The van der Waals surface area contributed by atoms with Gasteiger partial charge in [-0.3, -0.25) is 0 Å². The molecule has 11 unspecified atom stereocenters. The molecule has 0 radical (unpaired) electrons. The van der Waals surface area contributed by atoms with E-state index in [1.165, 1.54) is 7.11 Å². The Morgan fingerprint density at radius 3 is 2.30 bits per heavy atom. The molecule has 0 bridgehead atoms. The maximum atomic E-state index is 12.0. The van der Waals surface area contributed by atoms with Gasteiger partial charge in [-0.1, -0.05) is 33.3 Å². The van der Waals surface area contributed by atoms with Gasteiger partial charge in [0.15, 0.2) is 6.29 Å². The highest BCUT2D eigenvalue weighted by Gasteiger charge is 2.56. The minimum atomic E-state index is -1.52. The normalized spacial score (nSPS) is 44.8. The molecular weight excluding hydrogens is 480 g/mol. The molecule has 9 nitrogen and oxygen atoms in total. The average Bonchev–Trinajstić information content (AvgIpc) is 3.44. The minimum absolute atomic E-state index is 0.00328. The summed E-state index contributed by atoms with van der Waals surface area (Å²) in [6.45, 7) is 8.68. The molecule has 4 rings (SSSR count). The first kappa shape index (κ1) is 29.1. The summed E-state index contributed by atoms with van der Waals surface area (Å²) < 4.78 is 22.9. The lowest BCUT2D eigenvalue weighted by atomic mass is 9.64. The quantitative estimate of drug-likeness (QED) is 0.311. The summed E-state index contributed by atoms with van der Waals surface area (Å²) >= 11 is 0. The number of hydrogen-bond acceptors (Lipinski definition) is 9. The lowest BCUT2D eigenvalue weighted by Crippen LogP contribution is -2.61. The summed E-state index contributed by atoms with van der Waals surface area (Å²) in [6.07, 6.45) is -6.05. The molecule has 37 heavy (non-hydrogen) atoms. The van der Waals surface area contributed by atoms with Gasteiger partial charge in [0.2, 0.25) is 0 Å². The molecule has 9 heteroatoms. The number of aliphatic hydroxyl groups is 5. The van der Waals surface area contributed by atoms with Crippen LogP contribution in [0.2, 0.25) is 0 Å². The Morgan fingerprint density at radius 1 is 0.973 bits per heavy atom. The Morgan fingerprint density at radius 2 is 1.68 bits per heavy atom. The van der Waals surface area contributed by atoms with E-state index >= 15 is 0 Å². The van der Waals surface area contributed by atoms with E-state index in [0.717, 1.165) is 41.6 Å². The van der Waals surface area contributed by atoms with Crippen LogP contribution in [0, 0.1) is 23.2 Å². The largest absolute Gasteiger partial charge is 0.390 e. The van der Waals surface area contributed by atoms with E-state index in [0.29, 0.717) is 13.0 Å². The smallest absolute Gasteiger partial charge is 0.187 e. The number of ether oxygens (including phenoxy) is 4. The Hall–Kier alpha value is -0.880. The fraction of sp³-hybridized carbons (Fsp3) is 0.857.